The third kappa shape index (κ3) is 3.41. The molecular weight excluding hydrogens is 358 g/mol. The molecule has 0 saturated carbocycles. The number of nitrogens with zero attached hydrogens (tertiary/aromatic N) is 4. The van der Waals surface area contributed by atoms with Crippen molar-refractivity contribution in [3.63, 3.8) is 0 Å². The first kappa shape index (κ1) is 17.2. The summed E-state index contributed by atoms with van der Waals surface area (Å²) in [5.74, 6) is 0.743. The molecule has 0 aliphatic heterocycles. The molecule has 0 unspecified atom stereocenters. The van der Waals surface area contributed by atoms with Crippen molar-refractivity contribution in [1.29, 1.82) is 0 Å². The van der Waals surface area contributed by atoms with Crippen LogP contribution in [0, 0.1) is 0 Å². The number of thiophene rings is 1. The summed E-state index contributed by atoms with van der Waals surface area (Å²) in [6, 6.07) is 15.7. The van der Waals surface area contributed by atoms with Gasteiger partial charge in [0.1, 0.15) is 10.3 Å². The number of hydrogen-bond donors (Lipinski definition) is 1. The third-order valence-electron chi connectivity index (χ3n) is 4.16. The van der Waals surface area contributed by atoms with Gasteiger partial charge < -0.3 is 10.2 Å². The number of hydrogen-bond acceptors (Lipinski definition) is 5. The Morgan fingerprint density at radius 3 is 2.59 bits per heavy atom. The van der Waals surface area contributed by atoms with Crippen molar-refractivity contribution in [2.24, 2.45) is 0 Å². The van der Waals surface area contributed by atoms with Crippen LogP contribution in [0.3, 0.4) is 0 Å². The zero-order valence-electron chi connectivity index (χ0n) is 15.1. The first-order valence-electron chi connectivity index (χ1n) is 8.55. The lowest BCUT2D eigenvalue weighted by molar-refractivity contribution is 0.0955. The van der Waals surface area contributed by atoms with Crippen LogP contribution in [-0.2, 0) is 6.54 Å². The molecule has 3 aromatic heterocycles. The summed E-state index contributed by atoms with van der Waals surface area (Å²) >= 11 is 1.45. The summed E-state index contributed by atoms with van der Waals surface area (Å²) in [5, 5.41) is 2.96. The number of carbonyl (C=O) groups is 1. The lowest BCUT2D eigenvalue weighted by Crippen LogP contribution is -2.21. The number of rotatable bonds is 5. The molecule has 0 atom stereocenters. The minimum Gasteiger partial charge on any atom is -0.348 e. The number of aromatic nitrogens is 3. The van der Waals surface area contributed by atoms with Crippen molar-refractivity contribution in [2.75, 3.05) is 19.0 Å². The van der Waals surface area contributed by atoms with E-state index in [4.69, 9.17) is 4.98 Å². The summed E-state index contributed by atoms with van der Waals surface area (Å²) in [5.41, 5.74) is 2.86. The van der Waals surface area contributed by atoms with Crippen molar-refractivity contribution in [2.45, 2.75) is 6.54 Å². The fourth-order valence-electron chi connectivity index (χ4n) is 2.85. The van der Waals surface area contributed by atoms with Crippen molar-refractivity contribution < 1.29 is 4.79 Å². The van der Waals surface area contributed by atoms with Gasteiger partial charge in [0, 0.05) is 38.7 Å². The molecule has 136 valence electrons. The van der Waals surface area contributed by atoms with Gasteiger partial charge in [-0.05, 0) is 35.9 Å². The van der Waals surface area contributed by atoms with Crippen LogP contribution in [0.15, 0.2) is 60.9 Å². The van der Waals surface area contributed by atoms with Crippen LogP contribution >= 0.6 is 11.3 Å². The molecule has 0 radical (unpaired) electrons. The van der Waals surface area contributed by atoms with E-state index in [9.17, 15) is 4.79 Å². The summed E-state index contributed by atoms with van der Waals surface area (Å²) < 4.78 is 2.08. The standard InChI is InChI=1S/C20H19N5OS/c1-24(2)20-23-16-12-17(18(26)22-13-14-8-10-21-11-9-14)27-19(16)25(20)15-6-4-3-5-7-15/h3-12H,13H2,1-2H3,(H,22,26). The second kappa shape index (κ2) is 7.20. The minimum atomic E-state index is -0.0965. The first-order valence-corrected chi connectivity index (χ1v) is 9.37. The van der Waals surface area contributed by atoms with Gasteiger partial charge in [-0.15, -0.1) is 11.3 Å². The molecule has 3 heterocycles. The van der Waals surface area contributed by atoms with Gasteiger partial charge in [-0.1, -0.05) is 18.2 Å². The molecule has 0 saturated heterocycles. The number of fused-ring (bicyclic) bond motifs is 1. The van der Waals surface area contributed by atoms with Gasteiger partial charge in [-0.2, -0.15) is 0 Å². The molecule has 1 N–H and O–H groups in total. The van der Waals surface area contributed by atoms with Crippen molar-refractivity contribution in [3.05, 3.63) is 71.4 Å². The van der Waals surface area contributed by atoms with E-state index in [1.165, 1.54) is 11.3 Å². The third-order valence-corrected chi connectivity index (χ3v) is 5.27. The Labute approximate surface area is 161 Å². The summed E-state index contributed by atoms with van der Waals surface area (Å²) in [6.45, 7) is 0.471. The highest BCUT2D eigenvalue weighted by atomic mass is 32.1. The molecule has 4 aromatic rings. The van der Waals surface area contributed by atoms with Gasteiger partial charge in [-0.3, -0.25) is 14.3 Å². The van der Waals surface area contributed by atoms with Crippen LogP contribution in [0.2, 0.25) is 0 Å². The van der Waals surface area contributed by atoms with E-state index >= 15 is 0 Å². The maximum Gasteiger partial charge on any atom is 0.261 e. The Hall–Kier alpha value is -3.19. The fourth-order valence-corrected chi connectivity index (χ4v) is 3.88. The number of anilines is 1. The van der Waals surface area contributed by atoms with Crippen LogP contribution in [0.1, 0.15) is 15.2 Å². The molecule has 1 aromatic carbocycles. The summed E-state index contributed by atoms with van der Waals surface area (Å²) in [6.07, 6.45) is 3.44. The van der Waals surface area contributed by atoms with E-state index in [1.807, 2.05) is 67.5 Å². The number of imidazole rings is 1. The molecule has 27 heavy (non-hydrogen) atoms. The Morgan fingerprint density at radius 2 is 1.89 bits per heavy atom. The summed E-state index contributed by atoms with van der Waals surface area (Å²) in [7, 11) is 3.93. The second-order valence-electron chi connectivity index (χ2n) is 6.32. The van der Waals surface area contributed by atoms with Crippen LogP contribution < -0.4 is 10.2 Å². The lowest BCUT2D eigenvalue weighted by atomic mass is 10.2. The van der Waals surface area contributed by atoms with Gasteiger partial charge in [0.05, 0.1) is 4.88 Å². The van der Waals surface area contributed by atoms with Gasteiger partial charge in [0.15, 0.2) is 0 Å². The normalized spacial score (nSPS) is 10.9. The highest BCUT2D eigenvalue weighted by Gasteiger charge is 2.19. The average Bonchev–Trinajstić information content (AvgIpc) is 3.25. The number of para-hydroxylation sites is 1. The van der Waals surface area contributed by atoms with E-state index in [2.05, 4.69) is 14.9 Å². The van der Waals surface area contributed by atoms with Gasteiger partial charge in [0.2, 0.25) is 5.95 Å². The van der Waals surface area contributed by atoms with E-state index in [0.717, 1.165) is 27.5 Å². The molecular formula is C20H19N5OS. The monoisotopic (exact) mass is 377 g/mol. The smallest absolute Gasteiger partial charge is 0.261 e. The Bertz CT molecular complexity index is 1070. The zero-order chi connectivity index (χ0) is 18.8. The highest BCUT2D eigenvalue weighted by Crippen LogP contribution is 2.32. The number of carbonyl (C=O) groups excluding carboxylic acids is 1. The Balaban J connectivity index is 1.66. The number of pyridine rings is 1. The maximum atomic E-state index is 12.6. The van der Waals surface area contributed by atoms with Crippen molar-refractivity contribution >= 4 is 33.5 Å². The quantitative estimate of drug-likeness (QED) is 0.578. The topological polar surface area (TPSA) is 63.1 Å². The van der Waals surface area contributed by atoms with Gasteiger partial charge in [0.25, 0.3) is 5.91 Å². The van der Waals surface area contributed by atoms with Crippen LogP contribution in [0.5, 0.6) is 0 Å². The van der Waals surface area contributed by atoms with Crippen LogP contribution in [0.25, 0.3) is 16.0 Å². The summed E-state index contributed by atoms with van der Waals surface area (Å²) in [4.78, 5) is 24.9. The molecule has 1 amide bonds. The van der Waals surface area contributed by atoms with E-state index in [-0.39, 0.29) is 5.91 Å². The molecule has 6 nitrogen and oxygen atoms in total. The SMILES string of the molecule is CN(C)c1nc2cc(C(=O)NCc3ccncc3)sc2n1-c1ccccc1. The number of benzene rings is 1. The molecule has 0 aliphatic carbocycles. The predicted octanol–water partition coefficient (Wildman–Crippen LogP) is 3.48. The van der Waals surface area contributed by atoms with Crippen molar-refractivity contribution in [1.82, 2.24) is 19.9 Å². The van der Waals surface area contributed by atoms with Crippen LogP contribution in [-0.4, -0.2) is 34.5 Å². The molecule has 0 spiro atoms. The minimum absolute atomic E-state index is 0.0965. The molecule has 0 fully saturated rings. The molecule has 4 rings (SSSR count). The second-order valence-corrected chi connectivity index (χ2v) is 7.35. The zero-order valence-corrected chi connectivity index (χ0v) is 15.9. The Morgan fingerprint density at radius 1 is 1.15 bits per heavy atom. The predicted molar refractivity (Wildman–Crippen MR) is 109 cm³/mol. The fraction of sp³-hybridized carbons (Fsp3) is 0.150. The highest BCUT2D eigenvalue weighted by molar-refractivity contribution is 7.20. The van der Waals surface area contributed by atoms with E-state index in [1.54, 1.807) is 12.4 Å². The number of amides is 1. The number of nitrogens with one attached hydrogen (secondary N) is 1. The molecule has 7 heteroatoms. The van der Waals surface area contributed by atoms with Gasteiger partial charge in [-0.25, -0.2) is 4.98 Å². The Kier molecular flexibility index (Phi) is 4.60. The van der Waals surface area contributed by atoms with Crippen LogP contribution in [0.4, 0.5) is 5.95 Å². The largest absolute Gasteiger partial charge is 0.348 e. The van der Waals surface area contributed by atoms with Crippen molar-refractivity contribution in [3.8, 4) is 5.69 Å². The van der Waals surface area contributed by atoms with E-state index in [0.29, 0.717) is 11.4 Å². The maximum absolute atomic E-state index is 12.6. The lowest BCUT2D eigenvalue weighted by Gasteiger charge is -2.14. The molecule has 0 bridgehead atoms. The molecule has 0 aliphatic rings. The van der Waals surface area contributed by atoms with Gasteiger partial charge >= 0.3 is 0 Å². The average molecular weight is 377 g/mol. The van der Waals surface area contributed by atoms with E-state index < -0.39 is 0 Å². The first-order chi connectivity index (χ1) is 13.1.